The molecule has 0 unspecified atom stereocenters. The Kier molecular flexibility index (Phi) is 3.94. The second kappa shape index (κ2) is 5.54. The summed E-state index contributed by atoms with van der Waals surface area (Å²) in [7, 11) is 3.07. The third-order valence-corrected chi connectivity index (χ3v) is 6.40. The molecule has 1 aromatic carbocycles. The van der Waals surface area contributed by atoms with Crippen LogP contribution in [0.4, 0.5) is 0 Å². The van der Waals surface area contributed by atoms with Gasteiger partial charge in [0.1, 0.15) is 11.3 Å². The highest BCUT2D eigenvalue weighted by atomic mass is 16.5. The van der Waals surface area contributed by atoms with E-state index in [4.69, 9.17) is 9.47 Å². The predicted octanol–water partition coefficient (Wildman–Crippen LogP) is 4.51. The lowest BCUT2D eigenvalue weighted by molar-refractivity contribution is 0.0400. The molecule has 3 rings (SSSR count). The Balaban J connectivity index is 2.15. The van der Waals surface area contributed by atoms with Gasteiger partial charge < -0.3 is 9.47 Å². The van der Waals surface area contributed by atoms with E-state index < -0.39 is 0 Å². The van der Waals surface area contributed by atoms with Gasteiger partial charge in [-0.1, -0.05) is 33.3 Å². The Labute approximate surface area is 139 Å². The van der Waals surface area contributed by atoms with Crippen LogP contribution in [-0.2, 0) is 16.6 Å². The van der Waals surface area contributed by atoms with E-state index in [-0.39, 0.29) is 11.4 Å². The van der Waals surface area contributed by atoms with Crippen molar-refractivity contribution >= 4 is 5.97 Å². The van der Waals surface area contributed by atoms with Gasteiger partial charge in [-0.05, 0) is 59.6 Å². The van der Waals surface area contributed by atoms with Crippen LogP contribution in [0.2, 0.25) is 0 Å². The number of methoxy groups -OCH3 is 2. The summed E-state index contributed by atoms with van der Waals surface area (Å²) in [6.45, 7) is 7.24. The molecule has 0 aromatic heterocycles. The molecule has 0 N–H and O–H groups in total. The van der Waals surface area contributed by atoms with Crippen molar-refractivity contribution in [3.05, 3.63) is 28.8 Å². The minimum absolute atomic E-state index is 0.178. The van der Waals surface area contributed by atoms with Crippen LogP contribution in [0.1, 0.15) is 67.9 Å². The number of carbonyl (C=O) groups is 1. The van der Waals surface area contributed by atoms with Crippen LogP contribution < -0.4 is 4.74 Å². The first kappa shape index (κ1) is 16.4. The zero-order chi connectivity index (χ0) is 16.8. The number of ether oxygens (including phenoxy) is 2. The van der Waals surface area contributed by atoms with E-state index in [0.717, 1.165) is 18.6 Å². The standard InChI is InChI=1S/C20H28O3/c1-19(2)11-6-12-20(3)15-9-7-14(18(21)23-5)17(22-4)13(15)8-10-16(19)20/h7,9,16H,6,8,10-12H2,1-5H3/t16-,20+/m0/s1. The summed E-state index contributed by atoms with van der Waals surface area (Å²) in [5.74, 6) is 1.09. The summed E-state index contributed by atoms with van der Waals surface area (Å²) in [4.78, 5) is 12.0. The quantitative estimate of drug-likeness (QED) is 0.753. The molecule has 2 aliphatic carbocycles. The maximum absolute atomic E-state index is 12.0. The maximum Gasteiger partial charge on any atom is 0.341 e. The van der Waals surface area contributed by atoms with Gasteiger partial charge in [-0.25, -0.2) is 4.79 Å². The summed E-state index contributed by atoms with van der Waals surface area (Å²) >= 11 is 0. The molecule has 0 heterocycles. The Bertz CT molecular complexity index is 632. The monoisotopic (exact) mass is 316 g/mol. The summed E-state index contributed by atoms with van der Waals surface area (Å²) in [5.41, 5.74) is 3.69. The molecule has 0 saturated heterocycles. The second-order valence-electron chi connectivity index (χ2n) is 8.01. The number of fused-ring (bicyclic) bond motifs is 3. The largest absolute Gasteiger partial charge is 0.496 e. The average molecular weight is 316 g/mol. The van der Waals surface area contributed by atoms with Gasteiger partial charge in [-0.2, -0.15) is 0 Å². The topological polar surface area (TPSA) is 35.5 Å². The van der Waals surface area contributed by atoms with Crippen molar-refractivity contribution in [2.24, 2.45) is 11.3 Å². The Morgan fingerprint density at radius 1 is 1.17 bits per heavy atom. The Morgan fingerprint density at radius 2 is 1.91 bits per heavy atom. The summed E-state index contributed by atoms with van der Waals surface area (Å²) in [6.07, 6.45) is 5.93. The van der Waals surface area contributed by atoms with Crippen LogP contribution in [0.15, 0.2) is 12.1 Å². The molecule has 1 fully saturated rings. The minimum atomic E-state index is -0.319. The van der Waals surface area contributed by atoms with Crippen LogP contribution in [-0.4, -0.2) is 20.2 Å². The van der Waals surface area contributed by atoms with Gasteiger partial charge in [-0.15, -0.1) is 0 Å². The summed E-state index contributed by atoms with van der Waals surface area (Å²) in [5, 5.41) is 0. The fourth-order valence-corrected chi connectivity index (χ4v) is 5.36. The van der Waals surface area contributed by atoms with Gasteiger partial charge in [0.2, 0.25) is 0 Å². The predicted molar refractivity (Wildman–Crippen MR) is 91.1 cm³/mol. The van der Waals surface area contributed by atoms with E-state index in [0.29, 0.717) is 16.9 Å². The zero-order valence-corrected chi connectivity index (χ0v) is 15.0. The third kappa shape index (κ3) is 2.36. The van der Waals surface area contributed by atoms with Crippen molar-refractivity contribution in [2.45, 2.75) is 58.3 Å². The molecular weight excluding hydrogens is 288 g/mol. The molecule has 3 nitrogen and oxygen atoms in total. The Morgan fingerprint density at radius 3 is 2.57 bits per heavy atom. The third-order valence-electron chi connectivity index (χ3n) is 6.40. The van der Waals surface area contributed by atoms with Crippen LogP contribution in [0.3, 0.4) is 0 Å². The molecule has 126 valence electrons. The van der Waals surface area contributed by atoms with Gasteiger partial charge in [0, 0.05) is 0 Å². The number of hydrogen-bond donors (Lipinski definition) is 0. The average Bonchev–Trinajstić information content (AvgIpc) is 2.52. The maximum atomic E-state index is 12.0. The van der Waals surface area contributed by atoms with E-state index in [1.54, 1.807) is 7.11 Å². The van der Waals surface area contributed by atoms with Crippen LogP contribution >= 0.6 is 0 Å². The summed E-state index contributed by atoms with van der Waals surface area (Å²) < 4.78 is 10.6. The highest BCUT2D eigenvalue weighted by molar-refractivity contribution is 5.93. The van der Waals surface area contributed by atoms with E-state index in [1.165, 1.54) is 37.5 Å². The molecule has 0 radical (unpaired) electrons. The van der Waals surface area contributed by atoms with Crippen molar-refractivity contribution < 1.29 is 14.3 Å². The van der Waals surface area contributed by atoms with Crippen LogP contribution in [0.5, 0.6) is 5.75 Å². The van der Waals surface area contributed by atoms with E-state index in [2.05, 4.69) is 26.8 Å². The summed E-state index contributed by atoms with van der Waals surface area (Å²) in [6, 6.07) is 4.04. The molecular formula is C20H28O3. The second-order valence-corrected chi connectivity index (χ2v) is 8.01. The van der Waals surface area contributed by atoms with E-state index >= 15 is 0 Å². The highest BCUT2D eigenvalue weighted by Crippen LogP contribution is 2.58. The molecule has 1 aromatic rings. The zero-order valence-electron chi connectivity index (χ0n) is 15.0. The van der Waals surface area contributed by atoms with Crippen molar-refractivity contribution in [1.82, 2.24) is 0 Å². The number of hydrogen-bond acceptors (Lipinski definition) is 3. The van der Waals surface area contributed by atoms with Gasteiger partial charge in [-0.3, -0.25) is 0 Å². The molecule has 3 heteroatoms. The first-order valence-electron chi connectivity index (χ1n) is 8.64. The molecule has 0 amide bonds. The number of carbonyl (C=O) groups excluding carboxylic acids is 1. The SMILES string of the molecule is COC(=O)c1ccc2c(c1OC)CC[C@H]1C(C)(C)CCC[C@]21C. The molecule has 0 aliphatic heterocycles. The molecule has 0 spiro atoms. The van der Waals surface area contributed by atoms with Gasteiger partial charge in [0.05, 0.1) is 14.2 Å². The van der Waals surface area contributed by atoms with Crippen LogP contribution in [0.25, 0.3) is 0 Å². The molecule has 2 aliphatic rings. The lowest BCUT2D eigenvalue weighted by Crippen LogP contribution is -2.48. The first-order valence-corrected chi connectivity index (χ1v) is 8.64. The highest BCUT2D eigenvalue weighted by Gasteiger charge is 2.50. The first-order chi connectivity index (χ1) is 10.8. The van der Waals surface area contributed by atoms with Gasteiger partial charge in [0.25, 0.3) is 0 Å². The fraction of sp³-hybridized carbons (Fsp3) is 0.650. The molecule has 1 saturated carbocycles. The molecule has 23 heavy (non-hydrogen) atoms. The number of esters is 1. The number of benzene rings is 1. The van der Waals surface area contributed by atoms with Crippen molar-refractivity contribution in [3.63, 3.8) is 0 Å². The lowest BCUT2D eigenvalue weighted by atomic mass is 9.50. The van der Waals surface area contributed by atoms with Crippen LogP contribution in [0, 0.1) is 11.3 Å². The van der Waals surface area contributed by atoms with Crippen molar-refractivity contribution in [3.8, 4) is 5.75 Å². The molecule has 0 bridgehead atoms. The normalized spacial score (nSPS) is 28.5. The van der Waals surface area contributed by atoms with Crippen molar-refractivity contribution in [1.29, 1.82) is 0 Å². The van der Waals surface area contributed by atoms with Crippen molar-refractivity contribution in [2.75, 3.05) is 14.2 Å². The molecule has 2 atom stereocenters. The van der Waals surface area contributed by atoms with E-state index in [1.807, 2.05) is 6.07 Å². The smallest absolute Gasteiger partial charge is 0.341 e. The number of rotatable bonds is 2. The van der Waals surface area contributed by atoms with E-state index in [9.17, 15) is 4.79 Å². The Hall–Kier alpha value is -1.51. The fourth-order valence-electron chi connectivity index (χ4n) is 5.36. The lowest BCUT2D eigenvalue weighted by Gasteiger charge is -2.54. The minimum Gasteiger partial charge on any atom is -0.496 e. The van der Waals surface area contributed by atoms with Gasteiger partial charge >= 0.3 is 5.97 Å². The van der Waals surface area contributed by atoms with Gasteiger partial charge in [0.15, 0.2) is 0 Å².